The van der Waals surface area contributed by atoms with Crippen molar-refractivity contribution in [1.29, 1.82) is 0 Å². The van der Waals surface area contributed by atoms with E-state index in [1.54, 1.807) is 0 Å². The van der Waals surface area contributed by atoms with E-state index in [9.17, 15) is 0 Å². The van der Waals surface area contributed by atoms with E-state index in [4.69, 9.17) is 0 Å². The maximum absolute atomic E-state index is 2.54. The van der Waals surface area contributed by atoms with Crippen LogP contribution in [0.25, 0.3) is 76.5 Å². The molecule has 0 spiro atoms. The molecule has 1 aliphatic rings. The minimum atomic E-state index is -0.171. The van der Waals surface area contributed by atoms with Gasteiger partial charge in [0, 0.05) is 49.7 Å². The van der Waals surface area contributed by atoms with E-state index in [1.165, 1.54) is 87.6 Å². The highest BCUT2D eigenvalue weighted by Gasteiger charge is 2.36. The molecule has 0 bridgehead atoms. The molecule has 0 heterocycles. The van der Waals surface area contributed by atoms with Crippen molar-refractivity contribution in [1.82, 2.24) is 0 Å². The van der Waals surface area contributed by atoms with Crippen LogP contribution in [-0.2, 0) is 5.41 Å². The van der Waals surface area contributed by atoms with Gasteiger partial charge < -0.3 is 9.80 Å². The van der Waals surface area contributed by atoms with E-state index in [0.717, 1.165) is 34.1 Å². The van der Waals surface area contributed by atoms with Crippen molar-refractivity contribution >= 4 is 77.2 Å². The van der Waals surface area contributed by atoms with Crippen molar-refractivity contribution in [2.45, 2.75) is 19.3 Å². The van der Waals surface area contributed by atoms with Gasteiger partial charge in [-0.3, -0.25) is 0 Å². The minimum Gasteiger partial charge on any atom is -0.310 e. The molecule has 0 saturated carbocycles. The number of hydrogen-bond donors (Lipinski definition) is 0. The first-order valence-corrected chi connectivity index (χ1v) is 23.3. The average molecular weight is 855 g/mol. The number of nitrogens with zero attached hydrogens (tertiary/aromatic N) is 2. The number of benzene rings is 12. The van der Waals surface area contributed by atoms with Gasteiger partial charge in [0.25, 0.3) is 0 Å². The Morgan fingerprint density at radius 1 is 0.269 bits per heavy atom. The van der Waals surface area contributed by atoms with Gasteiger partial charge in [0.1, 0.15) is 0 Å². The Balaban J connectivity index is 1.13. The summed E-state index contributed by atoms with van der Waals surface area (Å²) in [7, 11) is 0. The fraction of sp³-hybridized carbons (Fsp3) is 0.0462. The summed E-state index contributed by atoms with van der Waals surface area (Å²) >= 11 is 0. The summed E-state index contributed by atoms with van der Waals surface area (Å²) in [4.78, 5) is 4.94. The van der Waals surface area contributed by atoms with Crippen LogP contribution in [0.15, 0.2) is 243 Å². The lowest BCUT2D eigenvalue weighted by molar-refractivity contribution is 0.660. The predicted octanol–water partition coefficient (Wildman–Crippen LogP) is 18.3. The molecular formula is C65H46N2. The summed E-state index contributed by atoms with van der Waals surface area (Å²) in [6.45, 7) is 4.75. The second-order valence-corrected chi connectivity index (χ2v) is 18.5. The molecule has 13 rings (SSSR count). The van der Waals surface area contributed by atoms with Gasteiger partial charge in [-0.2, -0.15) is 0 Å². The normalized spacial score (nSPS) is 12.7. The summed E-state index contributed by atoms with van der Waals surface area (Å²) in [5, 5.41) is 10.00. The SMILES string of the molecule is CC1(C)c2ccccc2-c2ccc(N(c3cc(-c4ccccc4)cc(-c4ccccc4)c3)c3ccc4c5ccccc5c5ccc(N(c6ccccc6)c6ccccc6)c6ccc3c4c65)cc21. The number of fused-ring (bicyclic) bond motifs is 6. The van der Waals surface area contributed by atoms with Crippen molar-refractivity contribution in [2.24, 2.45) is 0 Å². The van der Waals surface area contributed by atoms with Crippen LogP contribution in [-0.4, -0.2) is 0 Å². The molecule has 1 aliphatic carbocycles. The maximum atomic E-state index is 2.54. The van der Waals surface area contributed by atoms with Gasteiger partial charge in [0.15, 0.2) is 0 Å². The largest absolute Gasteiger partial charge is 0.310 e. The second kappa shape index (κ2) is 15.3. The Morgan fingerprint density at radius 2 is 0.701 bits per heavy atom. The van der Waals surface area contributed by atoms with E-state index in [0.29, 0.717) is 0 Å². The molecule has 67 heavy (non-hydrogen) atoms. The van der Waals surface area contributed by atoms with Crippen LogP contribution in [0.1, 0.15) is 25.0 Å². The monoisotopic (exact) mass is 854 g/mol. The van der Waals surface area contributed by atoms with Crippen LogP contribution in [0.3, 0.4) is 0 Å². The molecule has 0 unspecified atom stereocenters. The van der Waals surface area contributed by atoms with Crippen LogP contribution >= 0.6 is 0 Å². The number of rotatable bonds is 8. The zero-order valence-corrected chi connectivity index (χ0v) is 37.5. The Kier molecular flexibility index (Phi) is 8.91. The summed E-state index contributed by atoms with van der Waals surface area (Å²) < 4.78 is 0. The number of hydrogen-bond acceptors (Lipinski definition) is 2. The highest BCUT2D eigenvalue weighted by molar-refractivity contribution is 6.36. The second-order valence-electron chi connectivity index (χ2n) is 18.5. The molecule has 0 aromatic heterocycles. The Hall–Kier alpha value is -8.46. The lowest BCUT2D eigenvalue weighted by Crippen LogP contribution is -2.17. The summed E-state index contributed by atoms with van der Waals surface area (Å²) in [6, 6.07) is 89.6. The molecule has 0 saturated heterocycles. The van der Waals surface area contributed by atoms with Crippen molar-refractivity contribution < 1.29 is 0 Å². The summed E-state index contributed by atoms with van der Waals surface area (Å²) in [5.41, 5.74) is 16.6. The predicted molar refractivity (Wildman–Crippen MR) is 285 cm³/mol. The van der Waals surface area contributed by atoms with E-state index in [1.807, 2.05) is 0 Å². The highest BCUT2D eigenvalue weighted by atomic mass is 15.2. The quantitative estimate of drug-likeness (QED) is 0.111. The van der Waals surface area contributed by atoms with Gasteiger partial charge in [-0.15, -0.1) is 0 Å². The molecule has 0 radical (unpaired) electrons. The van der Waals surface area contributed by atoms with Gasteiger partial charge in [0.05, 0.1) is 11.4 Å². The molecule has 316 valence electrons. The van der Waals surface area contributed by atoms with Crippen molar-refractivity contribution in [3.63, 3.8) is 0 Å². The summed E-state index contributed by atoms with van der Waals surface area (Å²) in [6.07, 6.45) is 0. The topological polar surface area (TPSA) is 6.48 Å². The van der Waals surface area contributed by atoms with Gasteiger partial charge in [-0.25, -0.2) is 0 Å². The van der Waals surface area contributed by atoms with E-state index >= 15 is 0 Å². The molecule has 12 aromatic carbocycles. The van der Waals surface area contributed by atoms with Crippen molar-refractivity contribution in [3.05, 3.63) is 254 Å². The minimum absolute atomic E-state index is 0.171. The maximum Gasteiger partial charge on any atom is 0.0540 e. The average Bonchev–Trinajstić information content (AvgIpc) is 3.62. The fourth-order valence-electron chi connectivity index (χ4n) is 11.2. The lowest BCUT2D eigenvalue weighted by Gasteiger charge is -2.31. The van der Waals surface area contributed by atoms with Gasteiger partial charge in [-0.1, -0.05) is 190 Å². The molecule has 2 nitrogen and oxygen atoms in total. The smallest absolute Gasteiger partial charge is 0.0540 e. The van der Waals surface area contributed by atoms with E-state index < -0.39 is 0 Å². The van der Waals surface area contributed by atoms with E-state index in [2.05, 4.69) is 266 Å². The molecule has 0 atom stereocenters. The first kappa shape index (κ1) is 39.0. The fourth-order valence-corrected chi connectivity index (χ4v) is 11.2. The third kappa shape index (κ3) is 6.18. The van der Waals surface area contributed by atoms with Crippen LogP contribution in [0, 0.1) is 0 Å². The molecule has 2 heteroatoms. The van der Waals surface area contributed by atoms with Crippen LogP contribution in [0.2, 0.25) is 0 Å². The van der Waals surface area contributed by atoms with Crippen LogP contribution in [0.4, 0.5) is 34.1 Å². The highest BCUT2D eigenvalue weighted by Crippen LogP contribution is 2.53. The Bertz CT molecular complexity index is 3720. The first-order valence-electron chi connectivity index (χ1n) is 23.3. The third-order valence-electron chi connectivity index (χ3n) is 14.3. The Labute approximate surface area is 391 Å². The summed E-state index contributed by atoms with van der Waals surface area (Å²) in [5.74, 6) is 0. The standard InChI is InChI=1S/C65H46N2/c1-65(2)59-30-18-17-29-53(59)54-32-31-49(42-60(54)65)67(50-40-45(43-19-7-3-8-20-43)39-46(41-50)44-21-9-4-10-22-44)62-38-36-56-52-28-16-15-27-51(52)55-35-37-61(57-33-34-58(62)64(56)63(55)57)66(47-23-11-5-12-24-47)48-25-13-6-14-26-48/h3-42H,1-2H3. The lowest BCUT2D eigenvalue weighted by atomic mass is 9.82. The van der Waals surface area contributed by atoms with Crippen LogP contribution < -0.4 is 9.80 Å². The first-order chi connectivity index (χ1) is 33.0. The number of anilines is 6. The van der Waals surface area contributed by atoms with Gasteiger partial charge in [0.2, 0.25) is 0 Å². The molecule has 0 amide bonds. The molecular weight excluding hydrogens is 809 g/mol. The number of para-hydroxylation sites is 2. The zero-order valence-electron chi connectivity index (χ0n) is 37.5. The molecule has 0 N–H and O–H groups in total. The molecule has 0 fully saturated rings. The zero-order chi connectivity index (χ0) is 44.6. The van der Waals surface area contributed by atoms with Crippen molar-refractivity contribution in [3.8, 4) is 33.4 Å². The van der Waals surface area contributed by atoms with Gasteiger partial charge >= 0.3 is 0 Å². The van der Waals surface area contributed by atoms with Crippen LogP contribution in [0.5, 0.6) is 0 Å². The molecule has 0 aliphatic heterocycles. The third-order valence-corrected chi connectivity index (χ3v) is 14.3. The Morgan fingerprint density at radius 3 is 1.24 bits per heavy atom. The molecule has 12 aromatic rings. The van der Waals surface area contributed by atoms with Crippen molar-refractivity contribution in [2.75, 3.05) is 9.80 Å². The van der Waals surface area contributed by atoms with E-state index in [-0.39, 0.29) is 5.41 Å². The van der Waals surface area contributed by atoms with Gasteiger partial charge in [-0.05, 0) is 133 Å².